The quantitative estimate of drug-likeness (QED) is 0.849. The Kier molecular flexibility index (Phi) is 3.97. The summed E-state index contributed by atoms with van der Waals surface area (Å²) in [6, 6.07) is 15.8. The maximum Gasteiger partial charge on any atom is 0.257 e. The molecule has 1 heterocycles. The Balaban J connectivity index is 1.77. The van der Waals surface area contributed by atoms with E-state index in [0.29, 0.717) is 19.7 Å². The molecule has 0 radical (unpaired) electrons. The van der Waals surface area contributed by atoms with Crippen molar-refractivity contribution in [2.75, 3.05) is 19.7 Å². The molecule has 3 nitrogen and oxygen atoms in total. The fourth-order valence-electron chi connectivity index (χ4n) is 2.51. The Morgan fingerprint density at radius 1 is 1.10 bits per heavy atom. The van der Waals surface area contributed by atoms with Gasteiger partial charge < -0.3 is 9.64 Å². The lowest BCUT2D eigenvalue weighted by molar-refractivity contribution is -0.0229. The van der Waals surface area contributed by atoms with Crippen LogP contribution < -0.4 is 0 Å². The zero-order chi connectivity index (χ0) is 14.7. The Morgan fingerprint density at radius 3 is 2.57 bits per heavy atom. The highest BCUT2D eigenvalue weighted by Gasteiger charge is 2.27. The average molecular weight is 285 g/mol. The first-order valence-electron chi connectivity index (χ1n) is 6.96. The SMILES string of the molecule is O=C(c1ccccc1F)N1CCOC(c2ccccc2)C1. The van der Waals surface area contributed by atoms with Gasteiger partial charge in [-0.15, -0.1) is 0 Å². The molecular weight excluding hydrogens is 269 g/mol. The molecule has 0 aromatic heterocycles. The number of halogens is 1. The maximum absolute atomic E-state index is 13.7. The Hall–Kier alpha value is -2.20. The van der Waals surface area contributed by atoms with Crippen LogP contribution in [0, 0.1) is 5.82 Å². The van der Waals surface area contributed by atoms with Crippen LogP contribution in [0.1, 0.15) is 22.0 Å². The molecule has 0 aliphatic carbocycles. The minimum absolute atomic E-state index is 0.117. The first-order valence-corrected chi connectivity index (χ1v) is 6.96. The van der Waals surface area contributed by atoms with Crippen LogP contribution in [0.25, 0.3) is 0 Å². The van der Waals surface area contributed by atoms with Gasteiger partial charge in [0.25, 0.3) is 5.91 Å². The van der Waals surface area contributed by atoms with Gasteiger partial charge in [0.1, 0.15) is 11.9 Å². The van der Waals surface area contributed by atoms with E-state index in [9.17, 15) is 9.18 Å². The third kappa shape index (κ3) is 2.95. The summed E-state index contributed by atoms with van der Waals surface area (Å²) < 4.78 is 19.5. The van der Waals surface area contributed by atoms with E-state index in [4.69, 9.17) is 4.74 Å². The largest absolute Gasteiger partial charge is 0.370 e. The van der Waals surface area contributed by atoms with E-state index >= 15 is 0 Å². The van der Waals surface area contributed by atoms with Gasteiger partial charge in [-0.3, -0.25) is 4.79 Å². The van der Waals surface area contributed by atoms with Crippen molar-refractivity contribution in [1.29, 1.82) is 0 Å². The van der Waals surface area contributed by atoms with Gasteiger partial charge in [0.15, 0.2) is 0 Å². The van der Waals surface area contributed by atoms with Crippen molar-refractivity contribution >= 4 is 5.91 Å². The predicted molar refractivity (Wildman–Crippen MR) is 77.4 cm³/mol. The van der Waals surface area contributed by atoms with E-state index in [-0.39, 0.29) is 17.6 Å². The van der Waals surface area contributed by atoms with Crippen LogP contribution in [0.3, 0.4) is 0 Å². The monoisotopic (exact) mass is 285 g/mol. The molecule has 1 unspecified atom stereocenters. The third-order valence-electron chi connectivity index (χ3n) is 3.63. The Bertz CT molecular complexity index is 630. The number of hydrogen-bond acceptors (Lipinski definition) is 2. The predicted octanol–water partition coefficient (Wildman–Crippen LogP) is 3.04. The van der Waals surface area contributed by atoms with Crippen LogP contribution >= 0.6 is 0 Å². The van der Waals surface area contributed by atoms with Gasteiger partial charge in [-0.1, -0.05) is 42.5 Å². The van der Waals surface area contributed by atoms with Crippen molar-refractivity contribution in [1.82, 2.24) is 4.90 Å². The summed E-state index contributed by atoms with van der Waals surface area (Å²) in [5.74, 6) is -0.761. The van der Waals surface area contributed by atoms with Crippen molar-refractivity contribution in [3.8, 4) is 0 Å². The fraction of sp³-hybridized carbons (Fsp3) is 0.235. The molecule has 1 aliphatic heterocycles. The number of ether oxygens (including phenoxy) is 1. The van der Waals surface area contributed by atoms with Gasteiger partial charge in [-0.25, -0.2) is 4.39 Å². The molecule has 2 aromatic carbocycles. The van der Waals surface area contributed by atoms with Crippen LogP contribution in [0.5, 0.6) is 0 Å². The van der Waals surface area contributed by atoms with E-state index in [1.165, 1.54) is 12.1 Å². The molecule has 3 rings (SSSR count). The van der Waals surface area contributed by atoms with E-state index in [1.54, 1.807) is 17.0 Å². The standard InChI is InChI=1S/C17H16FNO2/c18-15-9-5-4-8-14(15)17(20)19-10-11-21-16(12-19)13-6-2-1-3-7-13/h1-9,16H,10-12H2. The summed E-state index contributed by atoms with van der Waals surface area (Å²) in [7, 11) is 0. The van der Waals surface area contributed by atoms with Crippen molar-refractivity contribution in [3.05, 3.63) is 71.5 Å². The van der Waals surface area contributed by atoms with E-state index < -0.39 is 5.82 Å². The molecule has 1 amide bonds. The highest BCUT2D eigenvalue weighted by molar-refractivity contribution is 5.94. The molecule has 0 bridgehead atoms. The summed E-state index contributed by atoms with van der Waals surface area (Å²) in [5, 5.41) is 0. The number of morpholine rings is 1. The minimum atomic E-state index is -0.481. The van der Waals surface area contributed by atoms with Crippen molar-refractivity contribution < 1.29 is 13.9 Å². The highest BCUT2D eigenvalue weighted by Crippen LogP contribution is 2.23. The summed E-state index contributed by atoms with van der Waals surface area (Å²) in [4.78, 5) is 14.1. The average Bonchev–Trinajstić information content (AvgIpc) is 2.56. The maximum atomic E-state index is 13.7. The molecule has 0 saturated carbocycles. The minimum Gasteiger partial charge on any atom is -0.370 e. The molecule has 2 aromatic rings. The van der Waals surface area contributed by atoms with Gasteiger partial charge in [0.2, 0.25) is 0 Å². The van der Waals surface area contributed by atoms with E-state index in [2.05, 4.69) is 0 Å². The van der Waals surface area contributed by atoms with Crippen molar-refractivity contribution in [3.63, 3.8) is 0 Å². The second kappa shape index (κ2) is 6.06. The fourth-order valence-corrected chi connectivity index (χ4v) is 2.51. The van der Waals surface area contributed by atoms with Crippen LogP contribution in [0.4, 0.5) is 4.39 Å². The lowest BCUT2D eigenvalue weighted by Crippen LogP contribution is -2.42. The lowest BCUT2D eigenvalue weighted by atomic mass is 10.1. The molecule has 0 N–H and O–H groups in total. The van der Waals surface area contributed by atoms with Crippen molar-refractivity contribution in [2.24, 2.45) is 0 Å². The van der Waals surface area contributed by atoms with Gasteiger partial charge in [0, 0.05) is 6.54 Å². The number of benzene rings is 2. The van der Waals surface area contributed by atoms with E-state index in [1.807, 2.05) is 30.3 Å². The number of hydrogen-bond donors (Lipinski definition) is 0. The zero-order valence-corrected chi connectivity index (χ0v) is 11.5. The number of carbonyl (C=O) groups is 1. The van der Waals surface area contributed by atoms with Gasteiger partial charge in [-0.2, -0.15) is 0 Å². The molecule has 0 spiro atoms. The highest BCUT2D eigenvalue weighted by atomic mass is 19.1. The summed E-state index contributed by atoms with van der Waals surface area (Å²) >= 11 is 0. The first-order chi connectivity index (χ1) is 10.3. The van der Waals surface area contributed by atoms with E-state index in [0.717, 1.165) is 5.56 Å². The van der Waals surface area contributed by atoms with Crippen LogP contribution in [0.15, 0.2) is 54.6 Å². The molecular formula is C17H16FNO2. The molecule has 108 valence electrons. The number of carbonyl (C=O) groups excluding carboxylic acids is 1. The number of rotatable bonds is 2. The smallest absolute Gasteiger partial charge is 0.257 e. The van der Waals surface area contributed by atoms with Gasteiger partial charge in [-0.05, 0) is 17.7 Å². The van der Waals surface area contributed by atoms with Crippen molar-refractivity contribution in [2.45, 2.75) is 6.10 Å². The Morgan fingerprint density at radius 2 is 1.81 bits per heavy atom. The van der Waals surface area contributed by atoms with Crippen LogP contribution in [0.2, 0.25) is 0 Å². The zero-order valence-electron chi connectivity index (χ0n) is 11.5. The lowest BCUT2D eigenvalue weighted by Gasteiger charge is -2.33. The summed E-state index contributed by atoms with van der Waals surface area (Å²) in [5.41, 5.74) is 1.15. The molecule has 21 heavy (non-hydrogen) atoms. The van der Waals surface area contributed by atoms with Gasteiger partial charge >= 0.3 is 0 Å². The van der Waals surface area contributed by atoms with Gasteiger partial charge in [0.05, 0.1) is 18.7 Å². The van der Waals surface area contributed by atoms with Crippen LogP contribution in [-0.4, -0.2) is 30.5 Å². The molecule has 1 saturated heterocycles. The molecule has 1 fully saturated rings. The third-order valence-corrected chi connectivity index (χ3v) is 3.63. The molecule has 1 aliphatic rings. The number of nitrogens with zero attached hydrogens (tertiary/aromatic N) is 1. The Labute approximate surface area is 123 Å². The second-order valence-electron chi connectivity index (χ2n) is 5.00. The first kappa shape index (κ1) is 13.8. The second-order valence-corrected chi connectivity index (χ2v) is 5.00. The summed E-state index contributed by atoms with van der Waals surface area (Å²) in [6.07, 6.45) is -0.157. The normalized spacial score (nSPS) is 18.5. The molecule has 1 atom stereocenters. The van der Waals surface area contributed by atoms with Crippen LogP contribution in [-0.2, 0) is 4.74 Å². The number of amides is 1. The summed E-state index contributed by atoms with van der Waals surface area (Å²) in [6.45, 7) is 1.38. The topological polar surface area (TPSA) is 29.5 Å². The molecule has 4 heteroatoms.